The Hall–Kier alpha value is -1.39. The summed E-state index contributed by atoms with van der Waals surface area (Å²) in [6.45, 7) is 4.91. The van der Waals surface area contributed by atoms with Crippen LogP contribution in [0.4, 0.5) is 5.82 Å². The standard InChI is InChI=1S/C17H22BrN3/c1-3-9-19-12-15-7-5-10-20-17(15)21(2)13-14-6-4-8-16(18)11-14/h4-8,10-11,19H,3,9,12-13H2,1-2H3. The van der Waals surface area contributed by atoms with E-state index in [1.165, 1.54) is 11.1 Å². The van der Waals surface area contributed by atoms with Gasteiger partial charge >= 0.3 is 0 Å². The van der Waals surface area contributed by atoms with E-state index in [0.717, 1.165) is 36.3 Å². The van der Waals surface area contributed by atoms with Crippen molar-refractivity contribution in [3.05, 3.63) is 58.2 Å². The molecule has 0 aliphatic heterocycles. The molecule has 2 rings (SSSR count). The van der Waals surface area contributed by atoms with Crippen molar-refractivity contribution < 1.29 is 0 Å². The molecule has 2 aromatic rings. The second-order valence-electron chi connectivity index (χ2n) is 5.15. The molecule has 0 bridgehead atoms. The third kappa shape index (κ3) is 4.83. The molecule has 0 atom stereocenters. The Kier molecular flexibility index (Phi) is 6.21. The fourth-order valence-corrected chi connectivity index (χ4v) is 2.74. The monoisotopic (exact) mass is 347 g/mol. The van der Waals surface area contributed by atoms with Gasteiger partial charge in [0.15, 0.2) is 0 Å². The van der Waals surface area contributed by atoms with Crippen LogP contribution in [0.2, 0.25) is 0 Å². The Bertz CT molecular complexity index is 571. The van der Waals surface area contributed by atoms with E-state index in [9.17, 15) is 0 Å². The van der Waals surface area contributed by atoms with Gasteiger partial charge in [-0.2, -0.15) is 0 Å². The van der Waals surface area contributed by atoms with Crippen LogP contribution in [0, 0.1) is 0 Å². The number of pyridine rings is 1. The highest BCUT2D eigenvalue weighted by Crippen LogP contribution is 2.19. The van der Waals surface area contributed by atoms with Gasteiger partial charge in [-0.1, -0.05) is 41.1 Å². The van der Waals surface area contributed by atoms with E-state index in [-0.39, 0.29) is 0 Å². The highest BCUT2D eigenvalue weighted by molar-refractivity contribution is 9.10. The van der Waals surface area contributed by atoms with E-state index in [4.69, 9.17) is 0 Å². The summed E-state index contributed by atoms with van der Waals surface area (Å²) in [5, 5.41) is 3.45. The van der Waals surface area contributed by atoms with E-state index in [2.05, 4.69) is 69.4 Å². The average molecular weight is 348 g/mol. The molecule has 0 aliphatic rings. The lowest BCUT2D eigenvalue weighted by Crippen LogP contribution is -2.22. The van der Waals surface area contributed by atoms with E-state index in [1.807, 2.05) is 18.3 Å². The summed E-state index contributed by atoms with van der Waals surface area (Å²) in [5.74, 6) is 1.04. The zero-order valence-corrected chi connectivity index (χ0v) is 14.2. The van der Waals surface area contributed by atoms with Crippen molar-refractivity contribution in [2.45, 2.75) is 26.4 Å². The third-order valence-corrected chi connectivity index (χ3v) is 3.77. The molecule has 0 unspecified atom stereocenters. The summed E-state index contributed by atoms with van der Waals surface area (Å²) >= 11 is 3.52. The molecule has 1 N–H and O–H groups in total. The quantitative estimate of drug-likeness (QED) is 0.767. The van der Waals surface area contributed by atoms with E-state index < -0.39 is 0 Å². The number of anilines is 1. The molecule has 3 nitrogen and oxygen atoms in total. The van der Waals surface area contributed by atoms with Crippen LogP contribution in [0.25, 0.3) is 0 Å². The second-order valence-corrected chi connectivity index (χ2v) is 6.06. The second kappa shape index (κ2) is 8.15. The third-order valence-electron chi connectivity index (χ3n) is 3.28. The van der Waals surface area contributed by atoms with Crippen LogP contribution in [-0.4, -0.2) is 18.6 Å². The van der Waals surface area contributed by atoms with Crippen LogP contribution in [0.1, 0.15) is 24.5 Å². The predicted octanol–water partition coefficient (Wildman–Crippen LogP) is 3.98. The lowest BCUT2D eigenvalue weighted by Gasteiger charge is -2.21. The zero-order valence-electron chi connectivity index (χ0n) is 12.6. The molecule has 21 heavy (non-hydrogen) atoms. The Morgan fingerprint density at radius 2 is 2.10 bits per heavy atom. The summed E-state index contributed by atoms with van der Waals surface area (Å²) < 4.78 is 1.11. The highest BCUT2D eigenvalue weighted by Gasteiger charge is 2.09. The molecule has 0 amide bonds. The lowest BCUT2D eigenvalue weighted by atomic mass is 10.2. The van der Waals surface area contributed by atoms with Crippen LogP contribution < -0.4 is 10.2 Å². The molecular weight excluding hydrogens is 326 g/mol. The molecule has 1 aromatic heterocycles. The summed E-state index contributed by atoms with van der Waals surface area (Å²) in [5.41, 5.74) is 2.51. The number of benzene rings is 1. The smallest absolute Gasteiger partial charge is 0.133 e. The van der Waals surface area contributed by atoms with Gasteiger partial charge in [0.2, 0.25) is 0 Å². The van der Waals surface area contributed by atoms with E-state index in [1.54, 1.807) is 0 Å². The number of hydrogen-bond acceptors (Lipinski definition) is 3. The van der Waals surface area contributed by atoms with Gasteiger partial charge in [0.1, 0.15) is 5.82 Å². The molecule has 0 aliphatic carbocycles. The predicted molar refractivity (Wildman–Crippen MR) is 92.5 cm³/mol. The number of nitrogens with zero attached hydrogens (tertiary/aromatic N) is 2. The SMILES string of the molecule is CCCNCc1cccnc1N(C)Cc1cccc(Br)c1. The number of aromatic nitrogens is 1. The lowest BCUT2D eigenvalue weighted by molar-refractivity contribution is 0.671. The van der Waals surface area contributed by atoms with Crippen molar-refractivity contribution in [1.82, 2.24) is 10.3 Å². The highest BCUT2D eigenvalue weighted by atomic mass is 79.9. The summed E-state index contributed by atoms with van der Waals surface area (Å²) in [6.07, 6.45) is 3.00. The van der Waals surface area contributed by atoms with Crippen molar-refractivity contribution in [3.8, 4) is 0 Å². The molecule has 1 heterocycles. The van der Waals surface area contributed by atoms with Gasteiger partial charge in [-0.05, 0) is 36.7 Å². The van der Waals surface area contributed by atoms with Crippen molar-refractivity contribution in [1.29, 1.82) is 0 Å². The largest absolute Gasteiger partial charge is 0.355 e. The van der Waals surface area contributed by atoms with Gasteiger partial charge in [0, 0.05) is 36.4 Å². The zero-order chi connectivity index (χ0) is 15.1. The fourth-order valence-electron chi connectivity index (χ4n) is 2.30. The maximum Gasteiger partial charge on any atom is 0.133 e. The summed E-state index contributed by atoms with van der Waals surface area (Å²) in [6, 6.07) is 12.5. The van der Waals surface area contributed by atoms with Gasteiger partial charge < -0.3 is 10.2 Å². The molecule has 0 saturated carbocycles. The minimum atomic E-state index is 0.844. The van der Waals surface area contributed by atoms with Crippen molar-refractivity contribution >= 4 is 21.7 Å². The average Bonchev–Trinajstić information content (AvgIpc) is 2.48. The summed E-state index contributed by atoms with van der Waals surface area (Å²) in [7, 11) is 2.09. The van der Waals surface area contributed by atoms with Gasteiger partial charge in [0.05, 0.1) is 0 Å². The molecule has 0 spiro atoms. The maximum absolute atomic E-state index is 4.55. The first-order chi connectivity index (χ1) is 10.2. The van der Waals surface area contributed by atoms with Crippen molar-refractivity contribution in [2.75, 3.05) is 18.5 Å². The number of hydrogen-bond donors (Lipinski definition) is 1. The van der Waals surface area contributed by atoms with Crippen LogP contribution >= 0.6 is 15.9 Å². The minimum absolute atomic E-state index is 0.844. The van der Waals surface area contributed by atoms with Gasteiger partial charge in [0.25, 0.3) is 0 Å². The Morgan fingerprint density at radius 1 is 1.24 bits per heavy atom. The van der Waals surface area contributed by atoms with Crippen LogP contribution in [0.15, 0.2) is 47.1 Å². The molecule has 0 fully saturated rings. The number of halogens is 1. The van der Waals surface area contributed by atoms with Gasteiger partial charge in [-0.25, -0.2) is 4.98 Å². The number of nitrogens with one attached hydrogen (secondary N) is 1. The topological polar surface area (TPSA) is 28.2 Å². The first kappa shape index (κ1) is 16.0. The van der Waals surface area contributed by atoms with Crippen molar-refractivity contribution in [2.24, 2.45) is 0 Å². The molecular formula is C17H22BrN3. The summed E-state index contributed by atoms with van der Waals surface area (Å²) in [4.78, 5) is 6.75. The van der Waals surface area contributed by atoms with Crippen molar-refractivity contribution in [3.63, 3.8) is 0 Å². The fraction of sp³-hybridized carbons (Fsp3) is 0.353. The molecule has 112 valence electrons. The first-order valence-electron chi connectivity index (χ1n) is 7.31. The Balaban J connectivity index is 2.09. The van der Waals surface area contributed by atoms with Gasteiger partial charge in [-0.3, -0.25) is 0 Å². The Morgan fingerprint density at radius 3 is 2.86 bits per heavy atom. The van der Waals surface area contributed by atoms with Gasteiger partial charge in [-0.15, -0.1) is 0 Å². The number of rotatable bonds is 7. The molecule has 0 saturated heterocycles. The van der Waals surface area contributed by atoms with Crippen LogP contribution in [0.3, 0.4) is 0 Å². The molecule has 0 radical (unpaired) electrons. The molecule has 4 heteroatoms. The minimum Gasteiger partial charge on any atom is -0.355 e. The Labute approximate surface area is 135 Å². The maximum atomic E-state index is 4.55. The van der Waals surface area contributed by atoms with Crippen LogP contribution in [-0.2, 0) is 13.1 Å². The van der Waals surface area contributed by atoms with Crippen LogP contribution in [0.5, 0.6) is 0 Å². The van der Waals surface area contributed by atoms with E-state index in [0.29, 0.717) is 0 Å². The normalized spacial score (nSPS) is 10.6. The first-order valence-corrected chi connectivity index (χ1v) is 8.10. The molecule has 1 aromatic carbocycles. The van der Waals surface area contributed by atoms with E-state index >= 15 is 0 Å².